The lowest BCUT2D eigenvalue weighted by molar-refractivity contribution is -0.145. The molecule has 9 heteroatoms. The molecule has 1 rings (SSSR count). The van der Waals surface area contributed by atoms with E-state index in [1.807, 2.05) is 30.3 Å². The Labute approximate surface area is 215 Å². The van der Waals surface area contributed by atoms with E-state index in [0.717, 1.165) is 24.8 Å². The van der Waals surface area contributed by atoms with Crippen LogP contribution in [0.4, 0.5) is 0 Å². The fraction of sp³-hybridized carbons (Fsp3) is 0.593. The van der Waals surface area contributed by atoms with Crippen molar-refractivity contribution >= 4 is 29.5 Å². The molecule has 2 atom stereocenters. The number of nitrogens with two attached hydrogens (primary N) is 1. The molecule has 1 aromatic rings. The van der Waals surface area contributed by atoms with E-state index >= 15 is 0 Å². The molecule has 3 amide bonds. The molecule has 200 valence electrons. The first-order chi connectivity index (χ1) is 17.6. The molecule has 4 N–H and O–H groups in total. The molecule has 36 heavy (non-hydrogen) atoms. The predicted molar refractivity (Wildman–Crippen MR) is 136 cm³/mol. The molecular formula is C27H41N3O6. The van der Waals surface area contributed by atoms with Gasteiger partial charge in [-0.2, -0.15) is 0 Å². The van der Waals surface area contributed by atoms with Crippen LogP contribution in [0.5, 0.6) is 0 Å². The van der Waals surface area contributed by atoms with Gasteiger partial charge in [0, 0.05) is 25.7 Å². The summed E-state index contributed by atoms with van der Waals surface area (Å²) in [7, 11) is 0. The molecule has 0 saturated heterocycles. The fourth-order valence-corrected chi connectivity index (χ4v) is 3.46. The van der Waals surface area contributed by atoms with Crippen molar-refractivity contribution in [2.75, 3.05) is 0 Å². The van der Waals surface area contributed by atoms with Crippen LogP contribution in [0, 0.1) is 0 Å². The van der Waals surface area contributed by atoms with Crippen molar-refractivity contribution < 1.29 is 30.1 Å². The second-order valence-electron chi connectivity index (χ2n) is 8.90. The Balaban J connectivity index is 2.37. The molecule has 0 aliphatic rings. The number of hydrogen-bond acceptors (Lipinski definition) is 6. The Morgan fingerprint density at radius 2 is 1.58 bits per heavy atom. The maximum atomic E-state index is 12.5. The average molecular weight is 505 g/mol. The smallest absolute Gasteiger partial charge is 0.306 e. The fourth-order valence-electron chi connectivity index (χ4n) is 3.46. The number of nitrogens with one attached hydrogen (secondary N) is 2. The number of primary amides is 1. The molecule has 0 unspecified atom stereocenters. The number of esters is 1. The van der Waals surface area contributed by atoms with Crippen molar-refractivity contribution in [3.8, 4) is 0 Å². The van der Waals surface area contributed by atoms with Crippen molar-refractivity contribution in [2.45, 2.75) is 103 Å². The van der Waals surface area contributed by atoms with Crippen LogP contribution in [0.1, 0.15) is 90.0 Å². The van der Waals surface area contributed by atoms with Crippen LogP contribution in [0.15, 0.2) is 30.3 Å². The van der Waals surface area contributed by atoms with Gasteiger partial charge in [-0.25, -0.2) is 0 Å². The third-order valence-corrected chi connectivity index (χ3v) is 5.66. The zero-order valence-corrected chi connectivity index (χ0v) is 21.5. The molecule has 0 heterocycles. The lowest BCUT2D eigenvalue weighted by Crippen LogP contribution is -2.52. The Bertz CT molecular complexity index is 880. The number of amides is 3. The highest BCUT2D eigenvalue weighted by Crippen LogP contribution is 2.08. The van der Waals surface area contributed by atoms with Crippen molar-refractivity contribution in [1.82, 2.24) is 10.6 Å². The summed E-state index contributed by atoms with van der Waals surface area (Å²) in [5.41, 5.74) is 6.18. The number of carbonyl (C=O) groups is 5. The molecule has 0 aliphatic carbocycles. The number of benzene rings is 1. The maximum Gasteiger partial charge on any atom is 0.306 e. The van der Waals surface area contributed by atoms with E-state index in [0.29, 0.717) is 37.4 Å². The van der Waals surface area contributed by atoms with E-state index in [2.05, 4.69) is 12.2 Å². The van der Waals surface area contributed by atoms with Gasteiger partial charge in [0.25, 0.3) is 0 Å². The van der Waals surface area contributed by atoms with Gasteiger partial charge < -0.3 is 21.1 Å². The first kappa shape index (κ1) is 29.0. The predicted octanol–water partition coefficient (Wildman–Crippen LogP) is 3.08. The molecule has 0 spiro atoms. The Morgan fingerprint density at radius 3 is 2.22 bits per heavy atom. The van der Waals surface area contributed by atoms with Crippen LogP contribution < -0.4 is 16.4 Å². The monoisotopic (exact) mass is 504 g/mol. The van der Waals surface area contributed by atoms with Gasteiger partial charge in [0.15, 0.2) is 1.41 Å². The number of rotatable bonds is 19. The lowest BCUT2D eigenvalue weighted by Gasteiger charge is -2.19. The average Bonchev–Trinajstić information content (AvgIpc) is 2.88. The standard InChI is InChI=1S/C27H41N3O6/c1-3-4-7-14-22(31)15-10-6-11-16-24(32)29-20(2)27(35)30-23(26(28)34)17-18-25(33)36-19-21-12-8-5-9-13-21/h5,8-9,12-13,20,23H,3-4,6-7,10-11,14-19H2,1-2H3,(H2,28,34)(H,29,32)(H,30,35)/t20-,23-/m0/s1/i/hD. The highest BCUT2D eigenvalue weighted by atomic mass is 16.5. The Morgan fingerprint density at radius 1 is 0.944 bits per heavy atom. The van der Waals surface area contributed by atoms with E-state index < -0.39 is 35.8 Å². The zero-order chi connectivity index (χ0) is 27.6. The second kappa shape index (κ2) is 18.1. The van der Waals surface area contributed by atoms with Gasteiger partial charge in [-0.1, -0.05) is 56.5 Å². The SMILES string of the molecule is [2H]N(C(=O)CCCCCC(=O)CCCCC)[C@@H](C)C(=O)N[C@@H](CCC(=O)OCc1ccccc1)C(N)=O. The minimum absolute atomic E-state index is 0.0650. The molecule has 0 fully saturated rings. The third-order valence-electron chi connectivity index (χ3n) is 5.66. The molecular weight excluding hydrogens is 462 g/mol. The largest absolute Gasteiger partial charge is 0.461 e. The third kappa shape index (κ3) is 14.2. The van der Waals surface area contributed by atoms with Crippen molar-refractivity contribution in [1.29, 1.82) is 0 Å². The highest BCUT2D eigenvalue weighted by Gasteiger charge is 2.23. The van der Waals surface area contributed by atoms with Crippen LogP contribution in [0.25, 0.3) is 0 Å². The summed E-state index contributed by atoms with van der Waals surface area (Å²) in [6.45, 7) is 3.56. The van der Waals surface area contributed by atoms with Crippen LogP contribution in [-0.4, -0.2) is 41.6 Å². The van der Waals surface area contributed by atoms with Gasteiger partial charge in [0.2, 0.25) is 17.7 Å². The normalized spacial score (nSPS) is 12.7. The van der Waals surface area contributed by atoms with Crippen LogP contribution in [-0.2, 0) is 35.3 Å². The minimum atomic E-state index is -1.15. The Kier molecular flexibility index (Phi) is 14.6. The minimum Gasteiger partial charge on any atom is -0.461 e. The number of carbonyl (C=O) groups excluding carboxylic acids is 5. The quantitative estimate of drug-likeness (QED) is 0.195. The van der Waals surface area contributed by atoms with E-state index in [1.165, 1.54) is 6.92 Å². The molecule has 0 radical (unpaired) electrons. The van der Waals surface area contributed by atoms with Crippen LogP contribution >= 0.6 is 0 Å². The molecule has 1 aromatic carbocycles. The van der Waals surface area contributed by atoms with Gasteiger partial charge in [-0.3, -0.25) is 24.0 Å². The van der Waals surface area contributed by atoms with Crippen molar-refractivity contribution in [2.24, 2.45) is 5.73 Å². The summed E-state index contributed by atoms with van der Waals surface area (Å²) in [5, 5.41) is 3.00. The lowest BCUT2D eigenvalue weighted by atomic mass is 10.1. The summed E-state index contributed by atoms with van der Waals surface area (Å²) in [4.78, 5) is 60.4. The Hall–Kier alpha value is -3.23. The number of hydrogen-bond donors (Lipinski definition) is 3. The number of unbranched alkanes of at least 4 members (excludes halogenated alkanes) is 4. The van der Waals surface area contributed by atoms with Crippen LogP contribution in [0.2, 0.25) is 1.41 Å². The van der Waals surface area contributed by atoms with E-state index in [-0.39, 0.29) is 31.7 Å². The summed E-state index contributed by atoms with van der Waals surface area (Å²) in [6.07, 6.45) is 5.90. The van der Waals surface area contributed by atoms with Gasteiger partial charge in [0.1, 0.15) is 24.5 Å². The zero-order valence-electron chi connectivity index (χ0n) is 22.5. The number of ketones is 1. The van der Waals surface area contributed by atoms with E-state index in [1.54, 1.807) is 0 Å². The van der Waals surface area contributed by atoms with Crippen molar-refractivity contribution in [3.63, 3.8) is 0 Å². The number of Topliss-reactive ketones (excluding diaryl/α,β-unsaturated/α-hetero) is 1. The molecule has 0 aliphatic heterocycles. The number of ether oxygens (including phenoxy) is 1. The maximum absolute atomic E-state index is 12.5. The molecule has 9 nitrogen and oxygen atoms in total. The van der Waals surface area contributed by atoms with Crippen LogP contribution in [0.3, 0.4) is 0 Å². The summed E-state index contributed by atoms with van der Waals surface area (Å²) < 4.78 is 13.2. The second-order valence-corrected chi connectivity index (χ2v) is 8.90. The van der Waals surface area contributed by atoms with E-state index in [4.69, 9.17) is 11.9 Å². The van der Waals surface area contributed by atoms with Gasteiger partial charge in [0.05, 0.1) is 0 Å². The summed E-state index contributed by atoms with van der Waals surface area (Å²) >= 11 is 0. The highest BCUT2D eigenvalue weighted by molar-refractivity contribution is 5.91. The topological polar surface area (TPSA) is 145 Å². The summed E-state index contributed by atoms with van der Waals surface area (Å²) in [6, 6.07) is 6.82. The van der Waals surface area contributed by atoms with Gasteiger partial charge in [-0.15, -0.1) is 0 Å². The van der Waals surface area contributed by atoms with Gasteiger partial charge in [-0.05, 0) is 38.2 Å². The molecule has 0 bridgehead atoms. The first-order valence-corrected chi connectivity index (χ1v) is 12.8. The molecule has 0 aromatic heterocycles. The molecule has 0 saturated carbocycles. The summed E-state index contributed by atoms with van der Waals surface area (Å²) in [5.74, 6) is -2.39. The van der Waals surface area contributed by atoms with E-state index in [9.17, 15) is 24.0 Å². The van der Waals surface area contributed by atoms with Gasteiger partial charge >= 0.3 is 5.97 Å². The first-order valence-electron chi connectivity index (χ1n) is 13.2. The van der Waals surface area contributed by atoms with Crippen molar-refractivity contribution in [3.05, 3.63) is 35.9 Å².